The van der Waals surface area contributed by atoms with Gasteiger partial charge in [-0.15, -0.1) is 0 Å². The van der Waals surface area contributed by atoms with E-state index in [0.29, 0.717) is 36.4 Å². The fraction of sp³-hybridized carbons (Fsp3) is 0.235. The fourth-order valence-electron chi connectivity index (χ4n) is 2.53. The third kappa shape index (κ3) is 3.67. The highest BCUT2D eigenvalue weighted by Crippen LogP contribution is 2.51. The molecule has 1 atom stereocenters. The number of ether oxygens (including phenoxy) is 1. The van der Waals surface area contributed by atoms with E-state index in [2.05, 4.69) is 0 Å². The van der Waals surface area contributed by atoms with Crippen LogP contribution in [0.2, 0.25) is 0 Å². The Hall–Kier alpha value is -2.14. The molecule has 0 N–H and O–H groups in total. The Bertz CT molecular complexity index is 747. The molecule has 1 heterocycles. The summed E-state index contributed by atoms with van der Waals surface area (Å²) < 4.78 is 25.7. The Kier molecular flexibility index (Phi) is 5.00. The minimum Gasteiger partial charge on any atom is -0.549 e. The van der Waals surface area contributed by atoms with E-state index in [-0.39, 0.29) is 0 Å². The second-order valence-electron chi connectivity index (χ2n) is 5.38. The molecule has 24 heavy (non-hydrogen) atoms. The highest BCUT2D eigenvalue weighted by Gasteiger charge is 2.36. The first-order valence-electron chi connectivity index (χ1n) is 7.61. The van der Waals surface area contributed by atoms with Crippen molar-refractivity contribution in [3.05, 3.63) is 54.6 Å². The Morgan fingerprint density at radius 3 is 2.46 bits per heavy atom. The second kappa shape index (κ2) is 7.18. The Morgan fingerprint density at radius 1 is 1.12 bits per heavy atom. The molecule has 1 aliphatic heterocycles. The number of para-hydroxylation sites is 1. The molecule has 6 nitrogen and oxygen atoms in total. The lowest BCUT2D eigenvalue weighted by molar-refractivity contribution is -0.305. The molecule has 0 radical (unpaired) electrons. The standard InChI is InChI=1S/C17H18NO5P/c19-17(20)13-18-11-4-12-22-24(18,21)16-9-7-15(8-10-16)23-14-5-2-1-3-6-14/h1-3,5-10H,4,11-13H2,(H,19,20)/p-1. The minimum absolute atomic E-state index is 0.336. The van der Waals surface area contributed by atoms with Gasteiger partial charge in [-0.05, 0) is 42.8 Å². The van der Waals surface area contributed by atoms with Crippen LogP contribution < -0.4 is 15.1 Å². The van der Waals surface area contributed by atoms with Gasteiger partial charge in [0.1, 0.15) is 11.5 Å². The highest BCUT2D eigenvalue weighted by atomic mass is 31.2. The van der Waals surface area contributed by atoms with Crippen molar-refractivity contribution in [2.75, 3.05) is 19.7 Å². The molecule has 1 fully saturated rings. The summed E-state index contributed by atoms with van der Waals surface area (Å²) in [4.78, 5) is 10.9. The number of benzene rings is 2. The van der Waals surface area contributed by atoms with Gasteiger partial charge in [-0.3, -0.25) is 4.57 Å². The molecule has 0 saturated carbocycles. The summed E-state index contributed by atoms with van der Waals surface area (Å²) in [5.74, 6) is 0.0224. The van der Waals surface area contributed by atoms with Crippen LogP contribution in [0.1, 0.15) is 6.42 Å². The molecule has 0 bridgehead atoms. The number of hydrogen-bond acceptors (Lipinski definition) is 5. The predicted molar refractivity (Wildman–Crippen MR) is 87.3 cm³/mol. The van der Waals surface area contributed by atoms with Crippen LogP contribution in [0, 0.1) is 0 Å². The second-order valence-corrected chi connectivity index (χ2v) is 7.76. The van der Waals surface area contributed by atoms with Crippen LogP contribution in [0.5, 0.6) is 11.5 Å². The van der Waals surface area contributed by atoms with E-state index in [4.69, 9.17) is 9.26 Å². The molecule has 7 heteroatoms. The van der Waals surface area contributed by atoms with E-state index in [9.17, 15) is 14.5 Å². The zero-order chi connectivity index (χ0) is 17.0. The van der Waals surface area contributed by atoms with Gasteiger partial charge in [-0.1, -0.05) is 18.2 Å². The van der Waals surface area contributed by atoms with Gasteiger partial charge in [-0.25, -0.2) is 4.67 Å². The number of rotatable bonds is 5. The molecular formula is C17H17NO5P-. The third-order valence-corrected chi connectivity index (χ3v) is 6.22. The van der Waals surface area contributed by atoms with Gasteiger partial charge in [-0.2, -0.15) is 0 Å². The van der Waals surface area contributed by atoms with Crippen molar-refractivity contribution < 1.29 is 23.7 Å². The van der Waals surface area contributed by atoms with E-state index in [1.807, 2.05) is 30.3 Å². The monoisotopic (exact) mass is 346 g/mol. The van der Waals surface area contributed by atoms with Crippen LogP contribution in [0.3, 0.4) is 0 Å². The smallest absolute Gasteiger partial charge is 0.302 e. The fourth-order valence-corrected chi connectivity index (χ4v) is 4.78. The number of carbonyl (C=O) groups excluding carboxylic acids is 1. The van der Waals surface area contributed by atoms with E-state index < -0.39 is 20.0 Å². The van der Waals surface area contributed by atoms with Crippen LogP contribution in [0.4, 0.5) is 0 Å². The van der Waals surface area contributed by atoms with Gasteiger partial charge in [0.15, 0.2) is 0 Å². The van der Waals surface area contributed by atoms with E-state index >= 15 is 0 Å². The summed E-state index contributed by atoms with van der Waals surface area (Å²) >= 11 is 0. The van der Waals surface area contributed by atoms with Crippen molar-refractivity contribution >= 4 is 18.8 Å². The van der Waals surface area contributed by atoms with E-state index in [1.54, 1.807) is 24.3 Å². The quantitative estimate of drug-likeness (QED) is 0.768. The SMILES string of the molecule is O=C([O-])CN1CCCOP1(=O)c1ccc(Oc2ccccc2)cc1. The number of carboxylic acid groups (broad SMARTS) is 1. The lowest BCUT2D eigenvalue weighted by Gasteiger charge is -2.35. The van der Waals surface area contributed by atoms with Crippen molar-refractivity contribution in [2.45, 2.75) is 6.42 Å². The van der Waals surface area contributed by atoms with Gasteiger partial charge in [0.05, 0.1) is 17.9 Å². The van der Waals surface area contributed by atoms with Crippen molar-refractivity contribution in [3.63, 3.8) is 0 Å². The zero-order valence-electron chi connectivity index (χ0n) is 13.0. The lowest BCUT2D eigenvalue weighted by atomic mass is 10.3. The molecule has 3 rings (SSSR count). The topological polar surface area (TPSA) is 78.9 Å². The normalized spacial score (nSPS) is 21.3. The lowest BCUT2D eigenvalue weighted by Crippen LogP contribution is -2.41. The largest absolute Gasteiger partial charge is 0.549 e. The van der Waals surface area contributed by atoms with Crippen LogP contribution >= 0.6 is 7.52 Å². The maximum atomic E-state index is 13.1. The van der Waals surface area contributed by atoms with Gasteiger partial charge in [0.25, 0.3) is 0 Å². The first kappa shape index (κ1) is 16.7. The van der Waals surface area contributed by atoms with Crippen LogP contribution in [0.15, 0.2) is 54.6 Å². The van der Waals surface area contributed by atoms with E-state index in [1.165, 1.54) is 4.67 Å². The number of nitrogens with zero attached hydrogens (tertiary/aromatic N) is 1. The summed E-state index contributed by atoms with van der Waals surface area (Å²) in [6.45, 7) is 0.316. The van der Waals surface area contributed by atoms with Crippen molar-refractivity contribution in [3.8, 4) is 11.5 Å². The Labute approximate surface area is 140 Å². The van der Waals surface area contributed by atoms with Crippen LogP contribution in [0.25, 0.3) is 0 Å². The molecule has 0 spiro atoms. The zero-order valence-corrected chi connectivity index (χ0v) is 13.9. The molecule has 0 aromatic heterocycles. The van der Waals surface area contributed by atoms with Crippen molar-refractivity contribution in [1.29, 1.82) is 0 Å². The molecule has 1 aliphatic rings. The van der Waals surface area contributed by atoms with Crippen LogP contribution in [-0.2, 0) is 13.9 Å². The van der Waals surface area contributed by atoms with Gasteiger partial charge in [0, 0.05) is 13.1 Å². The first-order chi connectivity index (χ1) is 11.6. The number of carbonyl (C=O) groups is 1. The van der Waals surface area contributed by atoms with Gasteiger partial charge < -0.3 is 19.2 Å². The average molecular weight is 346 g/mol. The molecule has 1 unspecified atom stereocenters. The molecule has 0 amide bonds. The molecule has 2 aromatic rings. The summed E-state index contributed by atoms with van der Waals surface area (Å²) in [6, 6.07) is 16.0. The first-order valence-corrected chi connectivity index (χ1v) is 9.19. The maximum Gasteiger partial charge on any atom is 0.302 e. The molecule has 126 valence electrons. The average Bonchev–Trinajstić information content (AvgIpc) is 2.58. The predicted octanol–water partition coefficient (Wildman–Crippen LogP) is 1.77. The molecule has 2 aromatic carbocycles. The summed E-state index contributed by atoms with van der Waals surface area (Å²) in [7, 11) is -3.38. The van der Waals surface area contributed by atoms with Crippen molar-refractivity contribution in [2.24, 2.45) is 0 Å². The number of carboxylic acids is 1. The molecule has 1 saturated heterocycles. The molecular weight excluding hydrogens is 329 g/mol. The van der Waals surface area contributed by atoms with Gasteiger partial charge >= 0.3 is 7.52 Å². The number of aliphatic carboxylic acids is 1. The van der Waals surface area contributed by atoms with Crippen molar-refractivity contribution in [1.82, 2.24) is 4.67 Å². The Morgan fingerprint density at radius 2 is 1.79 bits per heavy atom. The van der Waals surface area contributed by atoms with Gasteiger partial charge in [0.2, 0.25) is 0 Å². The van der Waals surface area contributed by atoms with Crippen LogP contribution in [-0.4, -0.2) is 30.3 Å². The summed E-state index contributed by atoms with van der Waals surface area (Å²) in [5, 5.41) is 11.3. The highest BCUT2D eigenvalue weighted by molar-refractivity contribution is 7.64. The summed E-state index contributed by atoms with van der Waals surface area (Å²) in [5.41, 5.74) is 0. The minimum atomic E-state index is -3.38. The Balaban J connectivity index is 1.80. The summed E-state index contributed by atoms with van der Waals surface area (Å²) in [6.07, 6.45) is 0.631. The molecule has 0 aliphatic carbocycles. The third-order valence-electron chi connectivity index (χ3n) is 3.65. The van der Waals surface area contributed by atoms with E-state index in [0.717, 1.165) is 0 Å². The number of hydrogen-bond donors (Lipinski definition) is 0. The maximum absolute atomic E-state index is 13.1.